The Hall–Kier alpha value is 0.170. The number of halogens is 1. The molecule has 0 aliphatic heterocycles. The molecule has 3 nitrogen and oxygen atoms in total. The molecule has 0 saturated carbocycles. The van der Waals surface area contributed by atoms with Gasteiger partial charge in [-0.25, -0.2) is 0 Å². The normalized spacial score (nSPS) is 11.7. The van der Waals surface area contributed by atoms with Crippen molar-refractivity contribution in [1.82, 2.24) is 5.06 Å². The van der Waals surface area contributed by atoms with Crippen molar-refractivity contribution in [1.29, 1.82) is 0 Å². The van der Waals surface area contributed by atoms with E-state index < -0.39 is 0 Å². The third kappa shape index (κ3) is 38.9. The first-order chi connectivity index (χ1) is 16.6. The van der Waals surface area contributed by atoms with Gasteiger partial charge in [-0.15, -0.1) is 12.4 Å². The Morgan fingerprint density at radius 2 is 0.857 bits per heavy atom. The molecule has 0 aromatic heterocycles. The molecule has 0 amide bonds. The minimum absolute atomic E-state index is 0. The fraction of sp³-hybridized carbons (Fsp3) is 1.00. The van der Waals surface area contributed by atoms with Crippen molar-refractivity contribution in [3.63, 3.8) is 0 Å². The molecule has 35 heavy (non-hydrogen) atoms. The minimum atomic E-state index is 0. The van der Waals surface area contributed by atoms with E-state index >= 15 is 0 Å². The monoisotopic (exact) mass is 521 g/mol. The number of hydroxylamine groups is 2. The van der Waals surface area contributed by atoms with Crippen molar-refractivity contribution in [2.24, 2.45) is 0 Å². The van der Waals surface area contributed by atoms with Crippen molar-refractivity contribution >= 4 is 12.4 Å². The lowest BCUT2D eigenvalue weighted by Crippen LogP contribution is -2.25. The Kier molecular flexibility index (Phi) is 41.2. The highest BCUT2D eigenvalue weighted by Gasteiger charge is 2.10. The summed E-state index contributed by atoms with van der Waals surface area (Å²) in [6.45, 7) is 10.4. The lowest BCUT2D eigenvalue weighted by Gasteiger charge is -2.20. The van der Waals surface area contributed by atoms with Gasteiger partial charge in [0.05, 0.1) is 12.7 Å². The molecule has 1 atom stereocenters. The molecule has 0 heterocycles. The van der Waals surface area contributed by atoms with Crippen molar-refractivity contribution < 1.29 is 9.57 Å². The molecule has 0 saturated heterocycles. The van der Waals surface area contributed by atoms with Crippen LogP contribution in [0.3, 0.4) is 0 Å². The Bertz CT molecular complexity index is 342. The molecule has 0 radical (unpaired) electrons. The zero-order valence-electron chi connectivity index (χ0n) is 25.2. The molecule has 1 unspecified atom stereocenters. The van der Waals surface area contributed by atoms with Crippen LogP contribution in [-0.4, -0.2) is 38.5 Å². The van der Waals surface area contributed by atoms with E-state index in [-0.39, 0.29) is 18.5 Å². The zero-order chi connectivity index (χ0) is 25.5. The van der Waals surface area contributed by atoms with Gasteiger partial charge in [0.15, 0.2) is 0 Å². The highest BCUT2D eigenvalue weighted by molar-refractivity contribution is 5.85. The summed E-state index contributed by atoms with van der Waals surface area (Å²) in [6, 6.07) is 0. The maximum atomic E-state index is 6.18. The molecule has 0 rings (SSSR count). The lowest BCUT2D eigenvalue weighted by molar-refractivity contribution is -0.155. The van der Waals surface area contributed by atoms with Gasteiger partial charge < -0.3 is 4.74 Å². The maximum Gasteiger partial charge on any atom is 0.0946 e. The van der Waals surface area contributed by atoms with E-state index in [9.17, 15) is 0 Å². The van der Waals surface area contributed by atoms with E-state index in [2.05, 4.69) is 27.7 Å². The van der Waals surface area contributed by atoms with Gasteiger partial charge in [-0.2, -0.15) is 5.06 Å². The van der Waals surface area contributed by atoms with E-state index in [1.807, 2.05) is 14.1 Å². The first-order valence-electron chi connectivity index (χ1n) is 15.5. The van der Waals surface area contributed by atoms with Crippen molar-refractivity contribution in [2.75, 3.05) is 27.3 Å². The Morgan fingerprint density at radius 3 is 1.23 bits per heavy atom. The summed E-state index contributed by atoms with van der Waals surface area (Å²) < 4.78 is 6.18. The zero-order valence-corrected chi connectivity index (χ0v) is 26.0. The van der Waals surface area contributed by atoms with Gasteiger partial charge in [-0.1, -0.05) is 156 Å². The molecular formula is C31H68ClNO2. The second kappa shape index (κ2) is 36.3. The fourth-order valence-corrected chi connectivity index (χ4v) is 4.15. The summed E-state index contributed by atoms with van der Waals surface area (Å²) in [4.78, 5) is 5.68. The fourth-order valence-electron chi connectivity index (χ4n) is 4.15. The molecule has 0 fully saturated rings. The van der Waals surface area contributed by atoms with Crippen LogP contribution in [0.4, 0.5) is 0 Å². The second-order valence-corrected chi connectivity index (χ2v) is 10.5. The first kappa shape index (κ1) is 39.7. The summed E-state index contributed by atoms with van der Waals surface area (Å²) in [7, 11) is 3.91. The second-order valence-electron chi connectivity index (χ2n) is 10.5. The van der Waals surface area contributed by atoms with Crippen LogP contribution in [0.5, 0.6) is 0 Å². The molecule has 0 bridgehead atoms. The Labute approximate surface area is 229 Å². The number of hydrogen-bond donors (Lipinski definition) is 0. The Balaban J connectivity index is -0.00000242. The third-order valence-electron chi connectivity index (χ3n) is 6.25. The van der Waals surface area contributed by atoms with Crippen LogP contribution in [-0.2, 0) is 9.57 Å². The van der Waals surface area contributed by atoms with Crippen LogP contribution >= 0.6 is 12.4 Å². The molecule has 216 valence electrons. The summed E-state index contributed by atoms with van der Waals surface area (Å²) in [5, 5.41) is 1.80. The average Bonchev–Trinajstić information content (AvgIpc) is 2.82. The summed E-state index contributed by atoms with van der Waals surface area (Å²) >= 11 is 0. The molecular weight excluding hydrogens is 454 g/mol. The lowest BCUT2D eigenvalue weighted by atomic mass is 10.0. The molecule has 0 aliphatic rings. The van der Waals surface area contributed by atoms with Crippen LogP contribution in [0, 0.1) is 0 Å². The van der Waals surface area contributed by atoms with Crippen LogP contribution in [0.25, 0.3) is 0 Å². The van der Waals surface area contributed by atoms with E-state index in [4.69, 9.17) is 9.57 Å². The SMILES string of the molecule is CCC.CCCCCCCCCCCCCCCCOC(CCCCCCCC)CON(C)C.Cl. The van der Waals surface area contributed by atoms with Gasteiger partial charge in [0.2, 0.25) is 0 Å². The number of hydrogen-bond acceptors (Lipinski definition) is 3. The molecule has 0 aliphatic carbocycles. The Morgan fingerprint density at radius 1 is 0.514 bits per heavy atom. The number of ether oxygens (including phenoxy) is 1. The summed E-state index contributed by atoms with van der Waals surface area (Å²) in [5.41, 5.74) is 0. The predicted molar refractivity (Wildman–Crippen MR) is 161 cm³/mol. The van der Waals surface area contributed by atoms with Crippen molar-refractivity contribution in [2.45, 2.75) is 175 Å². The smallest absolute Gasteiger partial charge is 0.0946 e. The van der Waals surface area contributed by atoms with E-state index in [1.165, 1.54) is 135 Å². The van der Waals surface area contributed by atoms with Gasteiger partial charge in [0, 0.05) is 20.7 Å². The van der Waals surface area contributed by atoms with Crippen LogP contribution in [0.15, 0.2) is 0 Å². The summed E-state index contributed by atoms with van der Waals surface area (Å²) in [6.07, 6.45) is 30.4. The maximum absolute atomic E-state index is 6.18. The number of unbranched alkanes of at least 4 members (excludes halogenated alkanes) is 18. The topological polar surface area (TPSA) is 21.7 Å². The average molecular weight is 522 g/mol. The highest BCUT2D eigenvalue weighted by atomic mass is 35.5. The molecule has 4 heteroatoms. The molecule has 0 spiro atoms. The minimum Gasteiger partial charge on any atom is -0.376 e. The predicted octanol–water partition coefficient (Wildman–Crippen LogP) is 10.9. The van der Waals surface area contributed by atoms with E-state index in [0.29, 0.717) is 6.61 Å². The largest absolute Gasteiger partial charge is 0.376 e. The molecule has 0 aromatic carbocycles. The van der Waals surface area contributed by atoms with Gasteiger partial charge in [0.25, 0.3) is 0 Å². The van der Waals surface area contributed by atoms with Gasteiger partial charge in [-0.3, -0.25) is 4.84 Å². The van der Waals surface area contributed by atoms with Crippen LogP contribution < -0.4 is 0 Å². The quantitative estimate of drug-likeness (QED) is 0.0833. The van der Waals surface area contributed by atoms with Crippen molar-refractivity contribution in [3.8, 4) is 0 Å². The van der Waals surface area contributed by atoms with Crippen LogP contribution in [0.2, 0.25) is 0 Å². The van der Waals surface area contributed by atoms with Crippen LogP contribution in [0.1, 0.15) is 169 Å². The van der Waals surface area contributed by atoms with Gasteiger partial charge >= 0.3 is 0 Å². The highest BCUT2D eigenvalue weighted by Crippen LogP contribution is 2.14. The number of rotatable bonds is 26. The van der Waals surface area contributed by atoms with Crippen molar-refractivity contribution in [3.05, 3.63) is 0 Å². The van der Waals surface area contributed by atoms with Gasteiger partial charge in [-0.05, 0) is 12.8 Å². The molecule has 0 N–H and O–H groups in total. The van der Waals surface area contributed by atoms with Gasteiger partial charge in [0.1, 0.15) is 0 Å². The summed E-state index contributed by atoms with van der Waals surface area (Å²) in [5.74, 6) is 0. The standard InChI is InChI=1S/C28H59NO2.C3H8.ClH/c1-5-7-9-11-13-14-15-16-17-18-19-20-22-24-26-30-28(27-31-29(3)4)25-23-21-12-10-8-6-2;1-3-2;/h28H,5-27H2,1-4H3;3H2,1-2H3;1H. The first-order valence-corrected chi connectivity index (χ1v) is 15.5. The van der Waals surface area contributed by atoms with E-state index in [0.717, 1.165) is 13.0 Å². The number of nitrogens with zero attached hydrogens (tertiary/aromatic N) is 1. The third-order valence-corrected chi connectivity index (χ3v) is 6.25. The molecule has 0 aromatic rings. The van der Waals surface area contributed by atoms with E-state index in [1.54, 1.807) is 5.06 Å².